The SMILES string of the molecule is NC(=O)C1Cc2c[c]ccc2N1. The number of hydrogen-bond donors (Lipinski definition) is 2. The van der Waals surface area contributed by atoms with E-state index in [1.807, 2.05) is 18.2 Å². The maximum atomic E-state index is 10.8. The third-order valence-corrected chi connectivity index (χ3v) is 2.05. The minimum absolute atomic E-state index is 0.240. The van der Waals surface area contributed by atoms with Crippen molar-refractivity contribution in [3.05, 3.63) is 29.8 Å². The summed E-state index contributed by atoms with van der Waals surface area (Å²) in [6, 6.07) is 8.32. The van der Waals surface area contributed by atoms with Crippen LogP contribution in [-0.2, 0) is 11.2 Å². The maximum Gasteiger partial charge on any atom is 0.240 e. The van der Waals surface area contributed by atoms with Crippen LogP contribution in [0.3, 0.4) is 0 Å². The maximum absolute atomic E-state index is 10.8. The Morgan fingerprint density at radius 3 is 3.25 bits per heavy atom. The summed E-state index contributed by atoms with van der Waals surface area (Å²) in [5.41, 5.74) is 7.28. The number of amides is 1. The molecule has 0 aliphatic carbocycles. The van der Waals surface area contributed by atoms with Gasteiger partial charge in [0.2, 0.25) is 5.91 Å². The molecular weight excluding hydrogens is 152 g/mol. The first kappa shape index (κ1) is 7.16. The van der Waals surface area contributed by atoms with Crippen LogP contribution in [0.4, 0.5) is 5.69 Å². The van der Waals surface area contributed by atoms with E-state index in [2.05, 4.69) is 11.4 Å². The summed E-state index contributed by atoms with van der Waals surface area (Å²) < 4.78 is 0. The lowest BCUT2D eigenvalue weighted by Gasteiger charge is -2.04. The van der Waals surface area contributed by atoms with Crippen molar-refractivity contribution in [2.24, 2.45) is 5.73 Å². The second-order valence-corrected chi connectivity index (χ2v) is 2.89. The van der Waals surface area contributed by atoms with Crippen LogP contribution in [0.25, 0.3) is 0 Å². The zero-order valence-electron chi connectivity index (χ0n) is 6.50. The molecule has 1 aromatic carbocycles. The van der Waals surface area contributed by atoms with Crippen molar-refractivity contribution >= 4 is 11.6 Å². The number of fused-ring (bicyclic) bond motifs is 1. The zero-order valence-corrected chi connectivity index (χ0v) is 6.50. The van der Waals surface area contributed by atoms with Gasteiger partial charge in [-0.05, 0) is 23.8 Å². The van der Waals surface area contributed by atoms with E-state index in [1.165, 1.54) is 0 Å². The van der Waals surface area contributed by atoms with Crippen molar-refractivity contribution in [3.63, 3.8) is 0 Å². The standard InChI is InChI=1S/C9H9N2O/c10-9(12)8-5-6-3-1-2-4-7(6)11-8/h2-4,8,11H,5H2,(H2,10,12). The highest BCUT2D eigenvalue weighted by atomic mass is 16.1. The largest absolute Gasteiger partial charge is 0.373 e. The lowest BCUT2D eigenvalue weighted by molar-refractivity contribution is -0.118. The molecule has 1 aliphatic rings. The summed E-state index contributed by atoms with van der Waals surface area (Å²) in [6.07, 6.45) is 0.683. The molecule has 1 atom stereocenters. The average molecular weight is 161 g/mol. The number of primary amides is 1. The lowest BCUT2D eigenvalue weighted by Crippen LogP contribution is -2.33. The molecule has 1 unspecified atom stereocenters. The first-order valence-electron chi connectivity index (χ1n) is 3.82. The van der Waals surface area contributed by atoms with Gasteiger partial charge in [0.05, 0.1) is 0 Å². The molecule has 1 heterocycles. The van der Waals surface area contributed by atoms with Crippen molar-refractivity contribution in [1.82, 2.24) is 0 Å². The number of rotatable bonds is 1. The quantitative estimate of drug-likeness (QED) is 0.622. The van der Waals surface area contributed by atoms with Crippen molar-refractivity contribution in [1.29, 1.82) is 0 Å². The van der Waals surface area contributed by atoms with Crippen molar-refractivity contribution in [2.45, 2.75) is 12.5 Å². The van der Waals surface area contributed by atoms with E-state index in [-0.39, 0.29) is 11.9 Å². The van der Waals surface area contributed by atoms with Crippen LogP contribution in [0.15, 0.2) is 18.2 Å². The Bertz CT molecular complexity index is 297. The van der Waals surface area contributed by atoms with Crippen LogP contribution in [0.1, 0.15) is 5.56 Å². The molecule has 61 valence electrons. The summed E-state index contributed by atoms with van der Waals surface area (Å²) in [5, 5.41) is 3.04. The van der Waals surface area contributed by atoms with Crippen LogP contribution in [0.5, 0.6) is 0 Å². The summed E-state index contributed by atoms with van der Waals surface area (Å²) >= 11 is 0. The molecule has 1 amide bonds. The first-order chi connectivity index (χ1) is 5.77. The number of hydrogen-bond acceptors (Lipinski definition) is 2. The van der Waals surface area contributed by atoms with E-state index in [4.69, 9.17) is 5.73 Å². The smallest absolute Gasteiger partial charge is 0.240 e. The van der Waals surface area contributed by atoms with Crippen molar-refractivity contribution in [2.75, 3.05) is 5.32 Å². The highest BCUT2D eigenvalue weighted by Gasteiger charge is 2.23. The number of nitrogens with one attached hydrogen (secondary N) is 1. The van der Waals surface area contributed by atoms with Gasteiger partial charge >= 0.3 is 0 Å². The predicted octanol–water partition coefficient (Wildman–Crippen LogP) is 0.309. The van der Waals surface area contributed by atoms with E-state index < -0.39 is 0 Å². The lowest BCUT2D eigenvalue weighted by atomic mass is 10.1. The van der Waals surface area contributed by atoms with Gasteiger partial charge in [-0.1, -0.05) is 6.07 Å². The van der Waals surface area contributed by atoms with Gasteiger partial charge in [-0.25, -0.2) is 0 Å². The summed E-state index contributed by atoms with van der Waals surface area (Å²) in [4.78, 5) is 10.8. The van der Waals surface area contributed by atoms with E-state index in [9.17, 15) is 4.79 Å². The third kappa shape index (κ3) is 1.03. The first-order valence-corrected chi connectivity index (χ1v) is 3.82. The molecule has 3 nitrogen and oxygen atoms in total. The Balaban J connectivity index is 2.27. The highest BCUT2D eigenvalue weighted by Crippen LogP contribution is 2.24. The molecule has 1 radical (unpaired) electrons. The van der Waals surface area contributed by atoms with E-state index in [1.54, 1.807) is 0 Å². The van der Waals surface area contributed by atoms with Gasteiger partial charge in [0.1, 0.15) is 6.04 Å². The highest BCUT2D eigenvalue weighted by molar-refractivity contribution is 5.85. The fourth-order valence-electron chi connectivity index (χ4n) is 1.41. The van der Waals surface area contributed by atoms with E-state index in [0.29, 0.717) is 6.42 Å². The molecule has 1 aromatic rings. The molecule has 3 heteroatoms. The number of carbonyl (C=O) groups is 1. The van der Waals surface area contributed by atoms with Gasteiger partial charge in [-0.2, -0.15) is 0 Å². The molecule has 0 aromatic heterocycles. The molecule has 2 rings (SSSR count). The van der Waals surface area contributed by atoms with Gasteiger partial charge < -0.3 is 11.1 Å². The molecule has 3 N–H and O–H groups in total. The van der Waals surface area contributed by atoms with Gasteiger partial charge in [-0.3, -0.25) is 4.79 Å². The van der Waals surface area contributed by atoms with Crippen molar-refractivity contribution < 1.29 is 4.79 Å². The van der Waals surface area contributed by atoms with Gasteiger partial charge in [-0.15, -0.1) is 0 Å². The molecule has 12 heavy (non-hydrogen) atoms. The van der Waals surface area contributed by atoms with Gasteiger partial charge in [0.25, 0.3) is 0 Å². The summed E-state index contributed by atoms with van der Waals surface area (Å²) in [7, 11) is 0. The monoisotopic (exact) mass is 161 g/mol. The molecule has 0 saturated heterocycles. The number of benzene rings is 1. The van der Waals surface area contributed by atoms with Crippen LogP contribution in [-0.4, -0.2) is 11.9 Å². The van der Waals surface area contributed by atoms with E-state index in [0.717, 1.165) is 11.3 Å². The minimum atomic E-state index is -0.300. The summed E-state index contributed by atoms with van der Waals surface area (Å²) in [5.74, 6) is -0.300. The second-order valence-electron chi connectivity index (χ2n) is 2.89. The molecule has 0 saturated carbocycles. The van der Waals surface area contributed by atoms with Crippen LogP contribution in [0.2, 0.25) is 0 Å². The average Bonchev–Trinajstić information content (AvgIpc) is 2.46. The number of anilines is 1. The van der Waals surface area contributed by atoms with Crippen LogP contribution in [0, 0.1) is 6.07 Å². The minimum Gasteiger partial charge on any atom is -0.373 e. The normalized spacial score (nSPS) is 19.8. The van der Waals surface area contributed by atoms with Crippen molar-refractivity contribution in [3.8, 4) is 0 Å². The fourth-order valence-corrected chi connectivity index (χ4v) is 1.41. The fraction of sp³-hybridized carbons (Fsp3) is 0.222. The number of carbonyl (C=O) groups excluding carboxylic acids is 1. The molecule has 1 aliphatic heterocycles. The summed E-state index contributed by atoms with van der Waals surface area (Å²) in [6.45, 7) is 0. The molecular formula is C9H9N2O. The molecule has 0 spiro atoms. The Morgan fingerprint density at radius 1 is 1.75 bits per heavy atom. The Kier molecular flexibility index (Phi) is 1.50. The van der Waals surface area contributed by atoms with Gasteiger partial charge in [0.15, 0.2) is 0 Å². The molecule has 0 fully saturated rings. The van der Waals surface area contributed by atoms with Crippen LogP contribution >= 0.6 is 0 Å². The predicted molar refractivity (Wildman–Crippen MR) is 45.6 cm³/mol. The Labute approximate surface area is 70.6 Å². The number of nitrogens with two attached hydrogens (primary N) is 1. The van der Waals surface area contributed by atoms with Gasteiger partial charge in [0, 0.05) is 12.1 Å². The molecule has 0 bridgehead atoms. The Morgan fingerprint density at radius 2 is 2.58 bits per heavy atom. The zero-order chi connectivity index (χ0) is 8.55. The topological polar surface area (TPSA) is 55.1 Å². The second kappa shape index (κ2) is 2.52. The Hall–Kier alpha value is -1.51. The van der Waals surface area contributed by atoms with E-state index >= 15 is 0 Å². The third-order valence-electron chi connectivity index (χ3n) is 2.05. The van der Waals surface area contributed by atoms with Crippen LogP contribution < -0.4 is 11.1 Å².